The zero-order valence-corrected chi connectivity index (χ0v) is 21.9. The van der Waals surface area contributed by atoms with Crippen LogP contribution in [0.5, 0.6) is 5.75 Å². The molecule has 4 aromatic rings. The average molecular weight is 534 g/mol. The number of hydrogen-bond acceptors (Lipinski definition) is 7. The molecule has 9 nitrogen and oxygen atoms in total. The van der Waals surface area contributed by atoms with Crippen LogP contribution in [0.25, 0.3) is 10.9 Å². The maximum atomic E-state index is 13.4. The molecule has 2 aromatic carbocycles. The van der Waals surface area contributed by atoms with Gasteiger partial charge in [0.1, 0.15) is 41.5 Å². The van der Waals surface area contributed by atoms with E-state index in [1.54, 1.807) is 11.1 Å². The number of aryl methyl sites for hydroxylation is 1. The number of hydrogen-bond donors (Lipinski definition) is 2. The average Bonchev–Trinajstić information content (AvgIpc) is 2.90. The number of fused-ring (bicyclic) bond motifs is 1. The second-order valence-electron chi connectivity index (χ2n) is 9.67. The Balaban J connectivity index is 1.19. The van der Waals surface area contributed by atoms with Crippen molar-refractivity contribution in [3.05, 3.63) is 72.2 Å². The SMILES string of the molecule is Cc1cc(Nc2ncnc3cnc(N(C)C)cc23)ccc1OC1CCN(C(=O)Nc2cc(F)cc(F)c2)CC1. The van der Waals surface area contributed by atoms with Gasteiger partial charge in [-0.2, -0.15) is 0 Å². The van der Waals surface area contributed by atoms with Crippen LogP contribution in [0, 0.1) is 18.6 Å². The van der Waals surface area contributed by atoms with Crippen molar-refractivity contribution in [3.63, 3.8) is 0 Å². The number of aromatic nitrogens is 3. The third kappa shape index (κ3) is 6.14. The normalized spacial score (nSPS) is 13.8. The van der Waals surface area contributed by atoms with Crippen LogP contribution in [0.1, 0.15) is 18.4 Å². The van der Waals surface area contributed by atoms with Gasteiger partial charge in [-0.05, 0) is 48.9 Å². The van der Waals surface area contributed by atoms with E-state index >= 15 is 0 Å². The molecule has 0 radical (unpaired) electrons. The smallest absolute Gasteiger partial charge is 0.321 e. The fourth-order valence-corrected chi connectivity index (χ4v) is 4.47. The van der Waals surface area contributed by atoms with Gasteiger partial charge in [-0.1, -0.05) is 0 Å². The highest BCUT2D eigenvalue weighted by molar-refractivity contribution is 5.92. The molecular formula is C28H29F2N7O2. The van der Waals surface area contributed by atoms with Crippen molar-refractivity contribution in [1.29, 1.82) is 0 Å². The van der Waals surface area contributed by atoms with Crippen LogP contribution in [-0.4, -0.2) is 59.2 Å². The number of pyridine rings is 1. The Hall–Kier alpha value is -4.54. The summed E-state index contributed by atoms with van der Waals surface area (Å²) in [4.78, 5) is 29.2. The van der Waals surface area contributed by atoms with E-state index in [9.17, 15) is 13.6 Å². The van der Waals surface area contributed by atoms with Crippen LogP contribution in [0.2, 0.25) is 0 Å². The van der Waals surface area contributed by atoms with Gasteiger partial charge in [-0.3, -0.25) is 0 Å². The van der Waals surface area contributed by atoms with Crippen LogP contribution in [0.4, 0.5) is 36.6 Å². The molecule has 1 aliphatic heterocycles. The summed E-state index contributed by atoms with van der Waals surface area (Å²) in [5.41, 5.74) is 2.66. The lowest BCUT2D eigenvalue weighted by molar-refractivity contribution is 0.115. The summed E-state index contributed by atoms with van der Waals surface area (Å²) in [7, 11) is 3.86. The molecule has 0 aliphatic carbocycles. The highest BCUT2D eigenvalue weighted by Gasteiger charge is 2.24. The standard InChI is InChI=1S/C28H29F2N7O2/c1-17-10-20(34-27-23-14-26(36(2)3)31-15-24(23)32-16-33-27)4-5-25(17)39-22-6-8-37(9-7-22)28(38)35-21-12-18(29)11-19(30)13-21/h4-5,10-16,22H,6-9H2,1-3H3,(H,35,38)(H,32,33,34). The number of likely N-dealkylation sites (tertiary alicyclic amines) is 1. The predicted octanol–water partition coefficient (Wildman–Crippen LogP) is 5.50. The summed E-state index contributed by atoms with van der Waals surface area (Å²) in [6, 6.07) is 10.3. The van der Waals surface area contributed by atoms with Gasteiger partial charge in [0.15, 0.2) is 0 Å². The van der Waals surface area contributed by atoms with Crippen LogP contribution in [0.3, 0.4) is 0 Å². The summed E-state index contributed by atoms with van der Waals surface area (Å²) in [5.74, 6) is 0.785. The first-order chi connectivity index (χ1) is 18.7. The van der Waals surface area contributed by atoms with E-state index in [-0.39, 0.29) is 11.8 Å². The Kier molecular flexibility index (Phi) is 7.40. The second-order valence-corrected chi connectivity index (χ2v) is 9.67. The summed E-state index contributed by atoms with van der Waals surface area (Å²) < 4.78 is 33.1. The number of amides is 2. The van der Waals surface area contributed by atoms with Gasteiger partial charge in [-0.15, -0.1) is 0 Å². The Morgan fingerprint density at radius 2 is 1.74 bits per heavy atom. The fraction of sp³-hybridized carbons (Fsp3) is 0.286. The quantitative estimate of drug-likeness (QED) is 0.338. The first-order valence-corrected chi connectivity index (χ1v) is 12.6. The van der Waals surface area contributed by atoms with E-state index in [4.69, 9.17) is 4.74 Å². The highest BCUT2D eigenvalue weighted by atomic mass is 19.1. The molecule has 0 spiro atoms. The van der Waals surface area contributed by atoms with Gasteiger partial charge in [0, 0.05) is 62.9 Å². The van der Waals surface area contributed by atoms with Crippen LogP contribution < -0.4 is 20.3 Å². The Bertz CT molecular complexity index is 1490. The number of carbonyl (C=O) groups is 1. The van der Waals surface area contributed by atoms with Crippen LogP contribution in [0.15, 0.2) is 55.0 Å². The lowest BCUT2D eigenvalue weighted by atomic mass is 10.1. The number of ether oxygens (including phenoxy) is 1. The molecule has 2 aromatic heterocycles. The Labute approximate surface area is 224 Å². The molecule has 2 N–H and O–H groups in total. The van der Waals surface area contributed by atoms with Crippen molar-refractivity contribution >= 4 is 39.9 Å². The Morgan fingerprint density at radius 1 is 1.00 bits per heavy atom. The fourth-order valence-electron chi connectivity index (χ4n) is 4.47. The van der Waals surface area contributed by atoms with Gasteiger partial charge in [0.2, 0.25) is 0 Å². The molecule has 0 bridgehead atoms. The number of piperidine rings is 1. The number of nitrogens with zero attached hydrogens (tertiary/aromatic N) is 5. The van der Waals surface area contributed by atoms with E-state index in [1.807, 2.05) is 50.2 Å². The number of urea groups is 1. The van der Waals surface area contributed by atoms with Crippen molar-refractivity contribution in [2.45, 2.75) is 25.9 Å². The van der Waals surface area contributed by atoms with Crippen LogP contribution in [-0.2, 0) is 0 Å². The minimum absolute atomic E-state index is 0.0547. The molecule has 11 heteroatoms. The molecule has 39 heavy (non-hydrogen) atoms. The topological polar surface area (TPSA) is 95.5 Å². The molecule has 2 amide bonds. The highest BCUT2D eigenvalue weighted by Crippen LogP contribution is 2.29. The zero-order valence-electron chi connectivity index (χ0n) is 21.9. The predicted molar refractivity (Wildman–Crippen MR) is 147 cm³/mol. The van der Waals surface area contributed by atoms with Gasteiger partial charge in [0.25, 0.3) is 0 Å². The van der Waals surface area contributed by atoms with Gasteiger partial charge in [-0.25, -0.2) is 28.5 Å². The molecular weight excluding hydrogens is 504 g/mol. The van der Waals surface area contributed by atoms with Crippen molar-refractivity contribution in [2.24, 2.45) is 0 Å². The number of rotatable bonds is 6. The molecule has 5 rings (SSSR count). The lowest BCUT2D eigenvalue weighted by Crippen LogP contribution is -2.43. The summed E-state index contributed by atoms with van der Waals surface area (Å²) >= 11 is 0. The molecule has 0 atom stereocenters. The first-order valence-electron chi connectivity index (χ1n) is 12.6. The van der Waals surface area contributed by atoms with E-state index in [2.05, 4.69) is 25.6 Å². The first kappa shape index (κ1) is 26.1. The molecule has 0 unspecified atom stereocenters. The number of carbonyl (C=O) groups excluding carboxylic acids is 1. The maximum Gasteiger partial charge on any atom is 0.321 e. The monoisotopic (exact) mass is 533 g/mol. The lowest BCUT2D eigenvalue weighted by Gasteiger charge is -2.32. The van der Waals surface area contributed by atoms with Gasteiger partial charge >= 0.3 is 6.03 Å². The van der Waals surface area contributed by atoms with Gasteiger partial charge in [0.05, 0.1) is 11.7 Å². The van der Waals surface area contributed by atoms with Crippen molar-refractivity contribution in [1.82, 2.24) is 19.9 Å². The summed E-state index contributed by atoms with van der Waals surface area (Å²) in [5, 5.41) is 6.80. The minimum atomic E-state index is -0.741. The van der Waals surface area contributed by atoms with Crippen molar-refractivity contribution < 1.29 is 18.3 Å². The van der Waals surface area contributed by atoms with E-state index in [0.29, 0.717) is 31.7 Å². The Morgan fingerprint density at radius 3 is 2.44 bits per heavy atom. The molecule has 0 saturated carbocycles. The van der Waals surface area contributed by atoms with Crippen molar-refractivity contribution in [2.75, 3.05) is 42.7 Å². The number of anilines is 4. The number of nitrogens with one attached hydrogen (secondary N) is 2. The molecule has 3 heterocycles. The van der Waals surface area contributed by atoms with E-state index < -0.39 is 17.7 Å². The van der Waals surface area contributed by atoms with Crippen LogP contribution >= 0.6 is 0 Å². The molecule has 202 valence electrons. The number of halogens is 2. The molecule has 1 aliphatic rings. The van der Waals surface area contributed by atoms with Gasteiger partial charge < -0.3 is 25.2 Å². The largest absolute Gasteiger partial charge is 0.490 e. The van der Waals surface area contributed by atoms with E-state index in [0.717, 1.165) is 51.9 Å². The third-order valence-electron chi connectivity index (χ3n) is 6.54. The van der Waals surface area contributed by atoms with E-state index in [1.165, 1.54) is 6.33 Å². The second kappa shape index (κ2) is 11.1. The number of benzene rings is 2. The zero-order chi connectivity index (χ0) is 27.5. The third-order valence-corrected chi connectivity index (χ3v) is 6.54. The molecule has 1 saturated heterocycles. The minimum Gasteiger partial charge on any atom is -0.490 e. The maximum absolute atomic E-state index is 13.4. The summed E-state index contributed by atoms with van der Waals surface area (Å²) in [6.07, 6.45) is 4.46. The summed E-state index contributed by atoms with van der Waals surface area (Å²) in [6.45, 7) is 2.92. The van der Waals surface area contributed by atoms with Crippen molar-refractivity contribution in [3.8, 4) is 5.75 Å². The molecule has 1 fully saturated rings.